The van der Waals surface area contributed by atoms with Crippen molar-refractivity contribution in [1.82, 2.24) is 9.55 Å². The quantitative estimate of drug-likeness (QED) is 0.496. The Labute approximate surface area is 162 Å². The van der Waals surface area contributed by atoms with Gasteiger partial charge in [-0.15, -0.1) is 0 Å². The second-order valence-corrected chi connectivity index (χ2v) is 6.42. The van der Waals surface area contributed by atoms with Crippen LogP contribution < -0.4 is 0 Å². The Bertz CT molecular complexity index is 1190. The second kappa shape index (κ2) is 7.37. The number of nitrogens with zero attached hydrogens (tertiary/aromatic N) is 3. The van der Waals surface area contributed by atoms with Crippen molar-refractivity contribution in [2.45, 2.75) is 13.5 Å². The molecule has 28 heavy (non-hydrogen) atoms. The average molecular weight is 367 g/mol. The molecule has 0 aliphatic rings. The molecule has 0 atom stereocenters. The van der Waals surface area contributed by atoms with E-state index in [1.807, 2.05) is 43.3 Å². The Morgan fingerprint density at radius 3 is 2.54 bits per heavy atom. The van der Waals surface area contributed by atoms with Gasteiger partial charge in [0.1, 0.15) is 12.4 Å². The van der Waals surface area contributed by atoms with Crippen molar-refractivity contribution < 1.29 is 9.53 Å². The third-order valence-electron chi connectivity index (χ3n) is 4.53. The predicted octanol–water partition coefficient (Wildman–Crippen LogP) is 4.56. The number of fused-ring (bicyclic) bond motifs is 1. The maximum atomic E-state index is 12.4. The summed E-state index contributed by atoms with van der Waals surface area (Å²) in [6, 6.07) is 24.4. The molecule has 4 rings (SSSR count). The highest BCUT2D eigenvalue weighted by Crippen LogP contribution is 2.22. The summed E-state index contributed by atoms with van der Waals surface area (Å²) >= 11 is 0. The number of nitriles is 1. The standard InChI is InChI=1S/C23H17N3O2/c1-16-25-21-13-19(11-12-22(21)26(16)20-5-3-2-4-6-20)23(27)28-15-18-9-7-17(14-24)8-10-18/h2-13H,15H2,1H3. The van der Waals surface area contributed by atoms with Crippen molar-refractivity contribution in [3.05, 3.63) is 95.3 Å². The molecule has 0 amide bonds. The Morgan fingerprint density at radius 1 is 1.07 bits per heavy atom. The summed E-state index contributed by atoms with van der Waals surface area (Å²) in [6.45, 7) is 2.09. The van der Waals surface area contributed by atoms with Crippen molar-refractivity contribution in [2.75, 3.05) is 0 Å². The number of carbonyl (C=O) groups is 1. The Hall–Kier alpha value is -3.91. The first-order chi connectivity index (χ1) is 13.7. The maximum Gasteiger partial charge on any atom is 0.338 e. The molecule has 0 N–H and O–H groups in total. The van der Waals surface area contributed by atoms with Crippen LogP contribution in [0.5, 0.6) is 0 Å². The van der Waals surface area contributed by atoms with E-state index in [2.05, 4.69) is 15.6 Å². The number of rotatable bonds is 4. The maximum absolute atomic E-state index is 12.4. The minimum Gasteiger partial charge on any atom is -0.457 e. The number of aromatic nitrogens is 2. The van der Waals surface area contributed by atoms with Crippen LogP contribution in [0.4, 0.5) is 0 Å². The van der Waals surface area contributed by atoms with E-state index in [0.29, 0.717) is 11.1 Å². The molecule has 0 saturated carbocycles. The topological polar surface area (TPSA) is 67.9 Å². The molecule has 0 radical (unpaired) electrons. The van der Waals surface area contributed by atoms with Crippen molar-refractivity contribution in [1.29, 1.82) is 5.26 Å². The smallest absolute Gasteiger partial charge is 0.338 e. The highest BCUT2D eigenvalue weighted by molar-refractivity contribution is 5.94. The number of imidazole rings is 1. The number of esters is 1. The van der Waals surface area contributed by atoms with Crippen molar-refractivity contribution in [3.8, 4) is 11.8 Å². The number of benzene rings is 3. The van der Waals surface area contributed by atoms with Crippen molar-refractivity contribution >= 4 is 17.0 Å². The molecule has 1 heterocycles. The van der Waals surface area contributed by atoms with Crippen molar-refractivity contribution in [3.63, 3.8) is 0 Å². The van der Waals surface area contributed by atoms with Gasteiger partial charge in [0.15, 0.2) is 0 Å². The van der Waals surface area contributed by atoms with Crippen molar-refractivity contribution in [2.24, 2.45) is 0 Å². The minimum absolute atomic E-state index is 0.153. The summed E-state index contributed by atoms with van der Waals surface area (Å²) in [6.07, 6.45) is 0. The Balaban J connectivity index is 1.56. The molecule has 0 saturated heterocycles. The van der Waals surface area contributed by atoms with Crippen LogP contribution in [-0.2, 0) is 11.3 Å². The number of aryl methyl sites for hydroxylation is 1. The predicted molar refractivity (Wildman–Crippen MR) is 106 cm³/mol. The van der Waals surface area contributed by atoms with Gasteiger partial charge in [-0.2, -0.15) is 5.26 Å². The van der Waals surface area contributed by atoms with Crippen LogP contribution in [0.15, 0.2) is 72.8 Å². The van der Waals surface area contributed by atoms with Gasteiger partial charge in [0.25, 0.3) is 0 Å². The molecule has 3 aromatic carbocycles. The molecule has 0 aliphatic carbocycles. The number of hydrogen-bond acceptors (Lipinski definition) is 4. The molecule has 0 aliphatic heterocycles. The number of para-hydroxylation sites is 1. The first-order valence-corrected chi connectivity index (χ1v) is 8.86. The highest BCUT2D eigenvalue weighted by atomic mass is 16.5. The molecule has 0 unspecified atom stereocenters. The van der Waals surface area contributed by atoms with Gasteiger partial charge < -0.3 is 4.74 Å². The summed E-state index contributed by atoms with van der Waals surface area (Å²) in [5, 5.41) is 8.83. The second-order valence-electron chi connectivity index (χ2n) is 6.42. The normalized spacial score (nSPS) is 10.6. The molecule has 136 valence electrons. The van der Waals surface area contributed by atoms with E-state index in [-0.39, 0.29) is 6.61 Å². The van der Waals surface area contributed by atoms with Gasteiger partial charge >= 0.3 is 5.97 Å². The summed E-state index contributed by atoms with van der Waals surface area (Å²) in [4.78, 5) is 17.0. The van der Waals surface area contributed by atoms with E-state index in [4.69, 9.17) is 10.00 Å². The van der Waals surface area contributed by atoms with Crippen LogP contribution in [0.3, 0.4) is 0 Å². The van der Waals surface area contributed by atoms with Crippen LogP contribution in [0.2, 0.25) is 0 Å². The lowest BCUT2D eigenvalue weighted by Crippen LogP contribution is -2.05. The third kappa shape index (κ3) is 3.36. The lowest BCUT2D eigenvalue weighted by molar-refractivity contribution is 0.0473. The third-order valence-corrected chi connectivity index (χ3v) is 4.53. The fourth-order valence-corrected chi connectivity index (χ4v) is 3.14. The van der Waals surface area contributed by atoms with E-state index in [0.717, 1.165) is 28.1 Å². The number of carbonyl (C=O) groups excluding carboxylic acids is 1. The van der Waals surface area contributed by atoms with E-state index < -0.39 is 5.97 Å². The zero-order valence-electron chi connectivity index (χ0n) is 15.3. The largest absolute Gasteiger partial charge is 0.457 e. The lowest BCUT2D eigenvalue weighted by Gasteiger charge is -2.07. The Kier molecular flexibility index (Phi) is 4.61. The van der Waals surface area contributed by atoms with Crippen LogP contribution >= 0.6 is 0 Å². The van der Waals surface area contributed by atoms with Crippen LogP contribution in [-0.4, -0.2) is 15.5 Å². The SMILES string of the molecule is Cc1nc2cc(C(=O)OCc3ccc(C#N)cc3)ccc2n1-c1ccccc1. The van der Waals surface area contributed by atoms with E-state index in [1.54, 1.807) is 36.4 Å². The molecule has 4 aromatic rings. The van der Waals surface area contributed by atoms with Crippen LogP contribution in [0, 0.1) is 18.3 Å². The molecule has 0 bridgehead atoms. The minimum atomic E-state index is -0.404. The molecular formula is C23H17N3O2. The summed E-state index contributed by atoms with van der Waals surface area (Å²) in [5.41, 5.74) is 4.57. The van der Waals surface area contributed by atoms with Gasteiger partial charge in [0.05, 0.1) is 28.2 Å². The first kappa shape index (κ1) is 17.5. The molecule has 0 spiro atoms. The van der Waals surface area contributed by atoms with Gasteiger partial charge in [-0.25, -0.2) is 9.78 Å². The zero-order chi connectivity index (χ0) is 19.5. The molecule has 0 fully saturated rings. The lowest BCUT2D eigenvalue weighted by atomic mass is 10.1. The molecule has 5 heteroatoms. The first-order valence-electron chi connectivity index (χ1n) is 8.86. The van der Waals surface area contributed by atoms with Crippen LogP contribution in [0.25, 0.3) is 16.7 Å². The molecule has 1 aromatic heterocycles. The Morgan fingerprint density at radius 2 is 1.82 bits per heavy atom. The van der Waals surface area contributed by atoms with Gasteiger partial charge in [0, 0.05) is 5.69 Å². The number of ether oxygens (including phenoxy) is 1. The van der Waals surface area contributed by atoms with Crippen LogP contribution in [0.1, 0.15) is 27.3 Å². The average Bonchev–Trinajstić information content (AvgIpc) is 3.07. The fraction of sp³-hybridized carbons (Fsp3) is 0.0870. The van der Waals surface area contributed by atoms with E-state index in [9.17, 15) is 4.79 Å². The van der Waals surface area contributed by atoms with Gasteiger partial charge in [-0.05, 0) is 55.0 Å². The highest BCUT2D eigenvalue weighted by Gasteiger charge is 2.13. The summed E-state index contributed by atoms with van der Waals surface area (Å²) in [5.74, 6) is 0.447. The zero-order valence-corrected chi connectivity index (χ0v) is 15.3. The molecular weight excluding hydrogens is 350 g/mol. The van der Waals surface area contributed by atoms with Gasteiger partial charge in [-0.1, -0.05) is 30.3 Å². The fourth-order valence-electron chi connectivity index (χ4n) is 3.14. The van der Waals surface area contributed by atoms with Gasteiger partial charge in [-0.3, -0.25) is 4.57 Å². The summed E-state index contributed by atoms with van der Waals surface area (Å²) < 4.78 is 7.46. The van der Waals surface area contributed by atoms with E-state index in [1.165, 1.54) is 0 Å². The summed E-state index contributed by atoms with van der Waals surface area (Å²) in [7, 11) is 0. The molecule has 5 nitrogen and oxygen atoms in total. The monoisotopic (exact) mass is 367 g/mol. The van der Waals surface area contributed by atoms with Gasteiger partial charge in [0.2, 0.25) is 0 Å². The number of hydrogen-bond donors (Lipinski definition) is 0. The van der Waals surface area contributed by atoms with E-state index >= 15 is 0 Å².